The van der Waals surface area contributed by atoms with Gasteiger partial charge in [-0.2, -0.15) is 0 Å². The van der Waals surface area contributed by atoms with E-state index in [2.05, 4.69) is 5.32 Å². The molecule has 1 N–H and O–H groups in total. The lowest BCUT2D eigenvalue weighted by molar-refractivity contribution is 0.0973. The monoisotopic (exact) mass is 408 g/mol. The molecule has 1 aliphatic rings. The van der Waals surface area contributed by atoms with Crippen molar-refractivity contribution in [1.29, 1.82) is 0 Å². The normalized spacial score (nSPS) is 13.7. The van der Waals surface area contributed by atoms with Gasteiger partial charge in [0.1, 0.15) is 0 Å². The first-order valence-electron chi connectivity index (χ1n) is 9.15. The molecule has 2 aromatic heterocycles. The Kier molecular flexibility index (Phi) is 4.18. The number of para-hydroxylation sites is 1. The van der Waals surface area contributed by atoms with Gasteiger partial charge in [-0.15, -0.1) is 5.10 Å². The number of thiazole rings is 1. The van der Waals surface area contributed by atoms with Crippen molar-refractivity contribution in [3.05, 3.63) is 64.3 Å². The third-order valence-corrected chi connectivity index (χ3v) is 6.48. The van der Waals surface area contributed by atoms with Crippen LogP contribution >= 0.6 is 22.9 Å². The molecule has 0 bridgehead atoms. The molecule has 0 saturated carbocycles. The highest BCUT2D eigenvalue weighted by Crippen LogP contribution is 2.35. The number of nitrogens with zero attached hydrogens (tertiary/aromatic N) is 3. The quantitative estimate of drug-likeness (QED) is 0.472. The minimum atomic E-state index is 0.121. The van der Waals surface area contributed by atoms with Crippen molar-refractivity contribution in [2.24, 2.45) is 0 Å². The molecule has 0 fully saturated rings. The second-order valence-electron chi connectivity index (χ2n) is 6.86. The Balaban J connectivity index is 1.66. The molecule has 0 aliphatic heterocycles. The van der Waals surface area contributed by atoms with Gasteiger partial charge in [-0.1, -0.05) is 41.1 Å². The Labute approximate surface area is 171 Å². The van der Waals surface area contributed by atoms with Crippen LogP contribution in [0.4, 0.5) is 11.5 Å². The molecular formula is C21H17ClN4OS. The predicted molar refractivity (Wildman–Crippen MR) is 113 cm³/mol. The van der Waals surface area contributed by atoms with Crippen LogP contribution < -0.4 is 5.32 Å². The van der Waals surface area contributed by atoms with Crippen LogP contribution in [0.1, 0.15) is 34.5 Å². The summed E-state index contributed by atoms with van der Waals surface area (Å²) in [5.41, 5.74) is 4.31. The summed E-state index contributed by atoms with van der Waals surface area (Å²) in [5.74, 6) is 0.695. The number of rotatable bonds is 3. The van der Waals surface area contributed by atoms with Crippen LogP contribution in [0.15, 0.2) is 42.5 Å². The van der Waals surface area contributed by atoms with E-state index in [0.717, 1.165) is 45.1 Å². The van der Waals surface area contributed by atoms with Crippen molar-refractivity contribution in [3.8, 4) is 5.13 Å². The first-order chi connectivity index (χ1) is 13.6. The van der Waals surface area contributed by atoms with Gasteiger partial charge in [0.25, 0.3) is 0 Å². The number of benzene rings is 2. The van der Waals surface area contributed by atoms with Gasteiger partial charge >= 0.3 is 0 Å². The summed E-state index contributed by atoms with van der Waals surface area (Å²) in [7, 11) is 0. The number of aromatic nitrogens is 3. The third-order valence-electron chi connectivity index (χ3n) is 5.06. The lowest BCUT2D eigenvalue weighted by Gasteiger charge is -2.13. The van der Waals surface area contributed by atoms with E-state index in [0.29, 0.717) is 22.8 Å². The van der Waals surface area contributed by atoms with Gasteiger partial charge in [-0.3, -0.25) is 4.79 Å². The number of carbonyl (C=O) groups is 1. The average Bonchev–Trinajstić information content (AvgIpc) is 3.27. The van der Waals surface area contributed by atoms with Crippen LogP contribution in [0.5, 0.6) is 0 Å². The summed E-state index contributed by atoms with van der Waals surface area (Å²) >= 11 is 7.84. The van der Waals surface area contributed by atoms with E-state index < -0.39 is 0 Å². The summed E-state index contributed by atoms with van der Waals surface area (Å²) in [4.78, 5) is 17.5. The van der Waals surface area contributed by atoms with Crippen LogP contribution in [-0.2, 0) is 6.42 Å². The number of hydrogen-bond donors (Lipinski definition) is 1. The molecule has 0 unspecified atom stereocenters. The van der Waals surface area contributed by atoms with Crippen LogP contribution in [0, 0.1) is 6.92 Å². The van der Waals surface area contributed by atoms with Crippen LogP contribution in [0.25, 0.3) is 15.3 Å². The largest absolute Gasteiger partial charge is 0.338 e. The number of hydrogen-bond acceptors (Lipinski definition) is 5. The molecule has 0 saturated heterocycles. The van der Waals surface area contributed by atoms with Gasteiger partial charge < -0.3 is 5.32 Å². The molecule has 7 heteroatoms. The van der Waals surface area contributed by atoms with Crippen molar-refractivity contribution in [1.82, 2.24) is 14.8 Å². The molecule has 5 nitrogen and oxygen atoms in total. The van der Waals surface area contributed by atoms with E-state index in [1.807, 2.05) is 54.1 Å². The standard InChI is InChI=1S/C21H17ClN4OS/c1-12-13(22)6-4-8-14(12)23-20-19-16(9-5-10-17(19)27)26(25-20)21-24-15-7-2-3-11-18(15)28-21/h2-4,6-8,11H,5,9-10H2,1H3,(H,23,25). The molecular weight excluding hydrogens is 392 g/mol. The molecule has 0 radical (unpaired) electrons. The fourth-order valence-electron chi connectivity index (χ4n) is 3.59. The lowest BCUT2D eigenvalue weighted by atomic mass is 9.96. The maximum absolute atomic E-state index is 12.7. The second-order valence-corrected chi connectivity index (χ2v) is 8.28. The number of halogens is 1. The molecule has 2 heterocycles. The van der Waals surface area contributed by atoms with Crippen LogP contribution in [-0.4, -0.2) is 20.5 Å². The van der Waals surface area contributed by atoms with E-state index in [-0.39, 0.29) is 5.78 Å². The van der Waals surface area contributed by atoms with Gasteiger partial charge in [0.05, 0.1) is 21.5 Å². The molecule has 1 aliphatic carbocycles. The fourth-order valence-corrected chi connectivity index (χ4v) is 4.70. The van der Waals surface area contributed by atoms with E-state index in [1.165, 1.54) is 0 Å². The summed E-state index contributed by atoms with van der Waals surface area (Å²) < 4.78 is 2.93. The Morgan fingerprint density at radius 2 is 2.00 bits per heavy atom. The molecule has 0 amide bonds. The van der Waals surface area contributed by atoms with Gasteiger partial charge in [-0.05, 0) is 49.6 Å². The van der Waals surface area contributed by atoms with Crippen LogP contribution in [0.2, 0.25) is 5.02 Å². The van der Waals surface area contributed by atoms with Gasteiger partial charge in [0.15, 0.2) is 11.6 Å². The molecule has 0 spiro atoms. The van der Waals surface area contributed by atoms with Crippen molar-refractivity contribution in [3.63, 3.8) is 0 Å². The third kappa shape index (κ3) is 2.80. The SMILES string of the molecule is Cc1c(Cl)cccc1Nc1nn(-c2nc3ccccc3s2)c2c1C(=O)CCC2. The van der Waals surface area contributed by atoms with Crippen molar-refractivity contribution in [2.45, 2.75) is 26.2 Å². The number of Topliss-reactive ketones (excluding diaryl/α,β-unsaturated/α-hetero) is 1. The topological polar surface area (TPSA) is 59.8 Å². The molecule has 0 atom stereocenters. The summed E-state index contributed by atoms with van der Waals surface area (Å²) in [6.07, 6.45) is 2.18. The zero-order valence-corrected chi connectivity index (χ0v) is 16.8. The lowest BCUT2D eigenvalue weighted by Crippen LogP contribution is -2.13. The molecule has 28 heavy (non-hydrogen) atoms. The molecule has 140 valence electrons. The second kappa shape index (κ2) is 6.72. The highest BCUT2D eigenvalue weighted by atomic mass is 35.5. The zero-order chi connectivity index (χ0) is 19.3. The Hall–Kier alpha value is -2.70. The fraction of sp³-hybridized carbons (Fsp3) is 0.190. The highest BCUT2D eigenvalue weighted by molar-refractivity contribution is 7.20. The van der Waals surface area contributed by atoms with Gasteiger partial charge in [-0.25, -0.2) is 9.67 Å². The maximum atomic E-state index is 12.7. The number of carbonyl (C=O) groups excluding carboxylic acids is 1. The number of fused-ring (bicyclic) bond motifs is 2. The highest BCUT2D eigenvalue weighted by Gasteiger charge is 2.29. The van der Waals surface area contributed by atoms with Gasteiger partial charge in [0, 0.05) is 17.1 Å². The van der Waals surface area contributed by atoms with E-state index in [4.69, 9.17) is 21.7 Å². The Morgan fingerprint density at radius 3 is 2.86 bits per heavy atom. The first kappa shape index (κ1) is 17.4. The smallest absolute Gasteiger partial charge is 0.211 e. The molecule has 4 aromatic rings. The Morgan fingerprint density at radius 1 is 1.14 bits per heavy atom. The minimum absolute atomic E-state index is 0.121. The molecule has 2 aromatic carbocycles. The first-order valence-corrected chi connectivity index (χ1v) is 10.3. The average molecular weight is 409 g/mol. The van der Waals surface area contributed by atoms with Crippen molar-refractivity contribution in [2.75, 3.05) is 5.32 Å². The summed E-state index contributed by atoms with van der Waals surface area (Å²) in [6.45, 7) is 1.95. The summed E-state index contributed by atoms with van der Waals surface area (Å²) in [5, 5.41) is 9.56. The minimum Gasteiger partial charge on any atom is -0.338 e. The van der Waals surface area contributed by atoms with Crippen molar-refractivity contribution >= 4 is 50.4 Å². The maximum Gasteiger partial charge on any atom is 0.211 e. The van der Waals surface area contributed by atoms with Crippen LogP contribution in [0.3, 0.4) is 0 Å². The van der Waals surface area contributed by atoms with E-state index in [1.54, 1.807) is 11.3 Å². The summed E-state index contributed by atoms with van der Waals surface area (Å²) in [6, 6.07) is 13.7. The zero-order valence-electron chi connectivity index (χ0n) is 15.2. The number of ketones is 1. The predicted octanol–water partition coefficient (Wildman–Crippen LogP) is 5.71. The van der Waals surface area contributed by atoms with E-state index >= 15 is 0 Å². The van der Waals surface area contributed by atoms with Crippen molar-refractivity contribution < 1.29 is 4.79 Å². The molecule has 5 rings (SSSR count). The Bertz CT molecular complexity index is 1190. The van der Waals surface area contributed by atoms with Gasteiger partial charge in [0.2, 0.25) is 5.13 Å². The number of anilines is 2. The number of nitrogens with one attached hydrogen (secondary N) is 1. The van der Waals surface area contributed by atoms with E-state index in [9.17, 15) is 4.79 Å².